The van der Waals surface area contributed by atoms with Gasteiger partial charge in [-0.3, -0.25) is 10.1 Å². The second kappa shape index (κ2) is 5.29. The molecule has 1 N–H and O–H groups in total. The first-order chi connectivity index (χ1) is 11.5. The highest BCUT2D eigenvalue weighted by molar-refractivity contribution is 6.03. The number of rotatable bonds is 3. The van der Waals surface area contributed by atoms with E-state index >= 15 is 0 Å². The maximum atomic E-state index is 11.7. The number of benzene rings is 1. The van der Waals surface area contributed by atoms with E-state index < -0.39 is 11.0 Å². The first kappa shape index (κ1) is 15.1. The van der Waals surface area contributed by atoms with Crippen LogP contribution < -0.4 is 0 Å². The zero-order chi connectivity index (χ0) is 16.9. The minimum atomic E-state index is -1.01. The Morgan fingerprint density at radius 2 is 1.96 bits per heavy atom. The van der Waals surface area contributed by atoms with Crippen LogP contribution in [0.1, 0.15) is 44.1 Å². The molecule has 0 saturated heterocycles. The maximum absolute atomic E-state index is 11.7. The van der Waals surface area contributed by atoms with Crippen LogP contribution in [0, 0.1) is 21.4 Å². The summed E-state index contributed by atoms with van der Waals surface area (Å²) in [6.07, 6.45) is 5.22. The zero-order valence-electron chi connectivity index (χ0n) is 13.2. The van der Waals surface area contributed by atoms with Crippen molar-refractivity contribution < 1.29 is 14.8 Å². The van der Waals surface area contributed by atoms with Gasteiger partial charge >= 0.3 is 6.09 Å². The smallest absolute Gasteiger partial charge is 0.428 e. The van der Waals surface area contributed by atoms with E-state index in [9.17, 15) is 20.0 Å². The van der Waals surface area contributed by atoms with E-state index in [1.54, 1.807) is 12.1 Å². The van der Waals surface area contributed by atoms with Crippen molar-refractivity contribution in [3.63, 3.8) is 0 Å². The number of hydrogen-bond donors (Lipinski definition) is 1. The lowest BCUT2D eigenvalue weighted by atomic mass is 9.75. The van der Waals surface area contributed by atoms with E-state index in [2.05, 4.69) is 5.10 Å². The van der Waals surface area contributed by atoms with Crippen LogP contribution in [0.5, 0.6) is 0 Å². The Morgan fingerprint density at radius 3 is 2.46 bits per heavy atom. The lowest BCUT2D eigenvalue weighted by Gasteiger charge is -2.36. The molecule has 3 aliphatic rings. The molecular formula is C17H19N3O4. The van der Waals surface area contributed by atoms with E-state index in [1.807, 2.05) is 0 Å². The fourth-order valence-electron chi connectivity index (χ4n) is 4.82. The normalized spacial score (nSPS) is 31.3. The van der Waals surface area contributed by atoms with Gasteiger partial charge < -0.3 is 5.11 Å². The molecule has 2 bridgehead atoms. The summed E-state index contributed by atoms with van der Waals surface area (Å²) < 4.78 is 0. The number of hydrazone groups is 1. The van der Waals surface area contributed by atoms with Crippen LogP contribution in [0.15, 0.2) is 29.4 Å². The van der Waals surface area contributed by atoms with Gasteiger partial charge in [0.15, 0.2) is 0 Å². The van der Waals surface area contributed by atoms with Crippen molar-refractivity contribution in [2.24, 2.45) is 16.4 Å². The van der Waals surface area contributed by atoms with Crippen molar-refractivity contribution in [2.45, 2.75) is 44.6 Å². The third-order valence-electron chi connectivity index (χ3n) is 6.02. The summed E-state index contributed by atoms with van der Waals surface area (Å²) in [5.41, 5.74) is 1.56. The lowest BCUT2D eigenvalue weighted by Crippen LogP contribution is -2.43. The minimum absolute atomic E-state index is 0.0250. The number of fused-ring (bicyclic) bond motifs is 2. The molecule has 1 aliphatic heterocycles. The highest BCUT2D eigenvalue weighted by atomic mass is 16.6. The second-order valence-corrected chi connectivity index (χ2v) is 7.21. The zero-order valence-corrected chi connectivity index (χ0v) is 13.2. The average molecular weight is 329 g/mol. The van der Waals surface area contributed by atoms with E-state index in [0.717, 1.165) is 30.7 Å². The van der Waals surface area contributed by atoms with Crippen molar-refractivity contribution in [3.8, 4) is 0 Å². The number of non-ortho nitro benzene ring substituents is 1. The highest BCUT2D eigenvalue weighted by Gasteiger charge is 2.54. The SMILES string of the molecule is O=C(O)N1N=C(c2ccc([N+](=O)[O-])cc2)C[C@H]1C12CCC(CC1)C2. The molecule has 0 unspecified atom stereocenters. The van der Waals surface area contributed by atoms with Crippen molar-refractivity contribution in [3.05, 3.63) is 39.9 Å². The van der Waals surface area contributed by atoms with Gasteiger partial charge in [0.2, 0.25) is 0 Å². The molecule has 2 aliphatic carbocycles. The monoisotopic (exact) mass is 329 g/mol. The summed E-state index contributed by atoms with van der Waals surface area (Å²) in [6.45, 7) is 0. The number of nitrogens with zero attached hydrogens (tertiary/aromatic N) is 3. The van der Waals surface area contributed by atoms with E-state index in [4.69, 9.17) is 0 Å². The van der Waals surface area contributed by atoms with Gasteiger partial charge in [-0.2, -0.15) is 10.1 Å². The van der Waals surface area contributed by atoms with Gasteiger partial charge in [0.25, 0.3) is 5.69 Å². The Morgan fingerprint density at radius 1 is 1.29 bits per heavy atom. The number of nitro groups is 1. The number of amides is 1. The number of carboxylic acid groups (broad SMARTS) is 1. The third-order valence-corrected chi connectivity index (χ3v) is 6.02. The average Bonchev–Trinajstić information content (AvgIpc) is 3.29. The molecule has 4 rings (SSSR count). The van der Waals surface area contributed by atoms with Crippen LogP contribution in [0.25, 0.3) is 0 Å². The van der Waals surface area contributed by atoms with Crippen molar-refractivity contribution >= 4 is 17.5 Å². The molecule has 2 saturated carbocycles. The van der Waals surface area contributed by atoms with Gasteiger partial charge in [0.1, 0.15) is 0 Å². The molecule has 1 atom stereocenters. The summed E-state index contributed by atoms with van der Waals surface area (Å²) in [6, 6.07) is 6.09. The Kier molecular flexibility index (Phi) is 3.33. The van der Waals surface area contributed by atoms with E-state index in [1.165, 1.54) is 30.0 Å². The summed E-state index contributed by atoms with van der Waals surface area (Å²) in [7, 11) is 0. The molecular weight excluding hydrogens is 310 g/mol. The van der Waals surface area contributed by atoms with Crippen LogP contribution in [0.3, 0.4) is 0 Å². The molecule has 1 heterocycles. The Balaban J connectivity index is 1.62. The molecule has 0 aromatic heterocycles. The molecule has 0 radical (unpaired) electrons. The van der Waals surface area contributed by atoms with Crippen molar-refractivity contribution in [1.29, 1.82) is 0 Å². The maximum Gasteiger partial charge on any atom is 0.428 e. The van der Waals surface area contributed by atoms with Crippen LogP contribution >= 0.6 is 0 Å². The molecule has 0 spiro atoms. The van der Waals surface area contributed by atoms with E-state index in [0.29, 0.717) is 12.1 Å². The number of nitro benzene ring substituents is 1. The topological polar surface area (TPSA) is 96.0 Å². The lowest BCUT2D eigenvalue weighted by molar-refractivity contribution is -0.384. The fourth-order valence-corrected chi connectivity index (χ4v) is 4.82. The van der Waals surface area contributed by atoms with Crippen LogP contribution in [-0.2, 0) is 0 Å². The van der Waals surface area contributed by atoms with Crippen molar-refractivity contribution in [1.82, 2.24) is 5.01 Å². The van der Waals surface area contributed by atoms with E-state index in [-0.39, 0.29) is 17.1 Å². The van der Waals surface area contributed by atoms with Crippen LogP contribution in [-0.4, -0.2) is 32.9 Å². The molecule has 1 aromatic carbocycles. The fraction of sp³-hybridized carbons (Fsp3) is 0.529. The first-order valence-electron chi connectivity index (χ1n) is 8.33. The Labute approximate surface area is 139 Å². The molecule has 1 amide bonds. The van der Waals surface area contributed by atoms with Gasteiger partial charge in [0.05, 0.1) is 16.7 Å². The van der Waals surface area contributed by atoms with Gasteiger partial charge in [-0.25, -0.2) is 4.79 Å². The van der Waals surface area contributed by atoms with Crippen LogP contribution in [0.2, 0.25) is 0 Å². The highest BCUT2D eigenvalue weighted by Crippen LogP contribution is 2.58. The summed E-state index contributed by atoms with van der Waals surface area (Å²) in [5.74, 6) is 0.740. The quantitative estimate of drug-likeness (QED) is 0.676. The van der Waals surface area contributed by atoms with Crippen LogP contribution in [0.4, 0.5) is 10.5 Å². The Hall–Kier alpha value is -2.44. The van der Waals surface area contributed by atoms with Gasteiger partial charge in [0, 0.05) is 18.6 Å². The summed E-state index contributed by atoms with van der Waals surface area (Å²) in [5, 5.41) is 25.9. The van der Waals surface area contributed by atoms with Gasteiger partial charge in [-0.05, 0) is 61.1 Å². The molecule has 126 valence electrons. The summed E-state index contributed by atoms with van der Waals surface area (Å²) >= 11 is 0. The predicted octanol–water partition coefficient (Wildman–Crippen LogP) is 3.63. The largest absolute Gasteiger partial charge is 0.464 e. The number of hydrogen-bond acceptors (Lipinski definition) is 4. The van der Waals surface area contributed by atoms with Crippen molar-refractivity contribution in [2.75, 3.05) is 0 Å². The predicted molar refractivity (Wildman–Crippen MR) is 86.9 cm³/mol. The minimum Gasteiger partial charge on any atom is -0.464 e. The van der Waals surface area contributed by atoms with Gasteiger partial charge in [-0.15, -0.1) is 0 Å². The molecule has 24 heavy (non-hydrogen) atoms. The molecule has 2 fully saturated rings. The second-order valence-electron chi connectivity index (χ2n) is 7.21. The summed E-state index contributed by atoms with van der Waals surface area (Å²) in [4.78, 5) is 22.0. The van der Waals surface area contributed by atoms with Gasteiger partial charge in [-0.1, -0.05) is 0 Å². The third kappa shape index (κ3) is 2.26. The Bertz CT molecular complexity index is 720. The molecule has 7 heteroatoms. The standard InChI is InChI=1S/C17H19N3O4/c21-16(22)19-15(17-7-5-11(10-17)6-8-17)9-14(18-19)12-1-3-13(4-2-12)20(23)24/h1-4,11,15H,5-10H2,(H,21,22)/t11?,15-,17?/m0/s1. The molecule has 1 aromatic rings. The first-order valence-corrected chi connectivity index (χ1v) is 8.33. The number of carbonyl (C=O) groups is 1. The molecule has 7 nitrogen and oxygen atoms in total.